The highest BCUT2D eigenvalue weighted by atomic mass is 35.5. The van der Waals surface area contributed by atoms with Gasteiger partial charge >= 0.3 is 0 Å². The van der Waals surface area contributed by atoms with E-state index in [1.807, 2.05) is 0 Å². The number of aliphatic hydroxyl groups is 1. The van der Waals surface area contributed by atoms with Crippen LogP contribution in [-0.2, 0) is 12.8 Å². The normalized spacial score (nSPS) is 16.9. The van der Waals surface area contributed by atoms with Crippen LogP contribution in [0.15, 0.2) is 16.9 Å². The van der Waals surface area contributed by atoms with Gasteiger partial charge in [-0.25, -0.2) is 4.98 Å². The third-order valence-electron chi connectivity index (χ3n) is 5.24. The first-order valence-electron chi connectivity index (χ1n) is 9.10. The average molecular weight is 440 g/mol. The molecule has 4 rings (SSSR count). The van der Waals surface area contributed by atoms with Gasteiger partial charge in [-0.15, -0.1) is 0 Å². The molecule has 0 radical (unpaired) electrons. The van der Waals surface area contributed by atoms with E-state index in [9.17, 15) is 14.7 Å². The molecule has 0 saturated carbocycles. The molecule has 2 amide bonds. The number of rotatable bonds is 5. The van der Waals surface area contributed by atoms with E-state index < -0.39 is 11.5 Å². The number of halogens is 2. The number of carbonyl (C=O) groups is 2. The van der Waals surface area contributed by atoms with Gasteiger partial charge in [-0.1, -0.05) is 23.2 Å². The summed E-state index contributed by atoms with van der Waals surface area (Å²) < 4.78 is 10.4. The third kappa shape index (κ3) is 3.56. The Morgan fingerprint density at radius 2 is 2.14 bits per heavy atom. The standard InChI is InChI=1S/C19H19Cl2N3O5/c1-28-17-14(21)13(12(20)5-22-17)18(26)24-8-19(27,9-24)7-23-16(25)15-11-4-2-3-10(11)6-29-15/h5-6,27H,2-4,7-9H2,1H3,(H,23,25). The van der Waals surface area contributed by atoms with Gasteiger partial charge in [0.2, 0.25) is 5.88 Å². The molecule has 0 atom stereocenters. The Balaban J connectivity index is 1.37. The minimum absolute atomic E-state index is 0.00772. The van der Waals surface area contributed by atoms with E-state index in [-0.39, 0.29) is 47.0 Å². The molecule has 1 aliphatic heterocycles. The van der Waals surface area contributed by atoms with E-state index in [1.54, 1.807) is 6.26 Å². The molecule has 0 bridgehead atoms. The number of ether oxygens (including phenoxy) is 1. The maximum Gasteiger partial charge on any atom is 0.287 e. The fraction of sp³-hybridized carbons (Fsp3) is 0.421. The van der Waals surface area contributed by atoms with Crippen LogP contribution in [0.2, 0.25) is 10.0 Å². The molecule has 2 aromatic heterocycles. The molecule has 8 nitrogen and oxygen atoms in total. The van der Waals surface area contributed by atoms with Crippen molar-refractivity contribution in [2.45, 2.75) is 24.9 Å². The van der Waals surface area contributed by atoms with Gasteiger partial charge in [0.15, 0.2) is 5.76 Å². The number of aromatic nitrogens is 1. The second kappa shape index (κ2) is 7.51. The molecule has 0 aromatic carbocycles. The van der Waals surface area contributed by atoms with E-state index in [4.69, 9.17) is 32.4 Å². The number of amides is 2. The average Bonchev–Trinajstić information content (AvgIpc) is 3.27. The number of hydrogen-bond donors (Lipinski definition) is 2. The highest BCUT2D eigenvalue weighted by molar-refractivity contribution is 6.40. The number of furan rings is 1. The molecule has 0 unspecified atom stereocenters. The summed E-state index contributed by atoms with van der Waals surface area (Å²) in [6, 6.07) is 0. The van der Waals surface area contributed by atoms with Gasteiger partial charge in [-0.05, 0) is 24.8 Å². The quantitative estimate of drug-likeness (QED) is 0.738. The smallest absolute Gasteiger partial charge is 0.287 e. The van der Waals surface area contributed by atoms with E-state index in [0.717, 1.165) is 30.4 Å². The molecule has 2 aromatic rings. The summed E-state index contributed by atoms with van der Waals surface area (Å²) in [6.07, 6.45) is 5.64. The van der Waals surface area contributed by atoms with Crippen LogP contribution in [-0.4, -0.2) is 59.1 Å². The first-order valence-corrected chi connectivity index (χ1v) is 9.85. The van der Waals surface area contributed by atoms with Gasteiger partial charge in [-0.2, -0.15) is 0 Å². The summed E-state index contributed by atoms with van der Waals surface area (Å²) in [5.74, 6) is -0.416. The number of aryl methyl sites for hydroxylation is 1. The van der Waals surface area contributed by atoms with Crippen molar-refractivity contribution in [1.29, 1.82) is 0 Å². The highest BCUT2D eigenvalue weighted by Crippen LogP contribution is 2.34. The van der Waals surface area contributed by atoms with Crippen LogP contribution in [0.3, 0.4) is 0 Å². The number of carbonyl (C=O) groups excluding carboxylic acids is 2. The second-order valence-electron chi connectivity index (χ2n) is 7.29. The molecular formula is C19H19Cl2N3O5. The van der Waals surface area contributed by atoms with Gasteiger partial charge in [0.1, 0.15) is 10.6 Å². The number of nitrogens with zero attached hydrogens (tertiary/aromatic N) is 2. The van der Waals surface area contributed by atoms with Crippen molar-refractivity contribution < 1.29 is 23.8 Å². The summed E-state index contributed by atoms with van der Waals surface area (Å²) in [5.41, 5.74) is 0.834. The van der Waals surface area contributed by atoms with Gasteiger partial charge in [0, 0.05) is 5.56 Å². The molecule has 154 valence electrons. The Hall–Kier alpha value is -2.29. The molecule has 1 aliphatic carbocycles. The lowest BCUT2D eigenvalue weighted by atomic mass is 9.93. The van der Waals surface area contributed by atoms with Crippen LogP contribution >= 0.6 is 23.2 Å². The highest BCUT2D eigenvalue weighted by Gasteiger charge is 2.45. The van der Waals surface area contributed by atoms with Crippen molar-refractivity contribution in [2.24, 2.45) is 0 Å². The van der Waals surface area contributed by atoms with Crippen molar-refractivity contribution in [3.63, 3.8) is 0 Å². The molecule has 2 aliphatic rings. The molecule has 2 N–H and O–H groups in total. The van der Waals surface area contributed by atoms with Crippen LogP contribution in [0, 0.1) is 0 Å². The van der Waals surface area contributed by atoms with Gasteiger partial charge in [0.25, 0.3) is 11.8 Å². The molecule has 1 fully saturated rings. The summed E-state index contributed by atoms with van der Waals surface area (Å²) in [6.45, 7) is 0.0472. The van der Waals surface area contributed by atoms with E-state index in [2.05, 4.69) is 10.3 Å². The Morgan fingerprint density at radius 3 is 2.86 bits per heavy atom. The number of hydrogen-bond acceptors (Lipinski definition) is 6. The fourth-order valence-electron chi connectivity index (χ4n) is 3.74. The van der Waals surface area contributed by atoms with Crippen molar-refractivity contribution >= 4 is 35.0 Å². The Kier molecular flexibility index (Phi) is 5.18. The predicted molar refractivity (Wildman–Crippen MR) is 105 cm³/mol. The Morgan fingerprint density at radius 1 is 1.38 bits per heavy atom. The number of pyridine rings is 1. The SMILES string of the molecule is COc1ncc(Cl)c(C(=O)N2CC(O)(CNC(=O)c3occ4c3CCC4)C2)c1Cl. The van der Waals surface area contributed by atoms with Crippen LogP contribution in [0.4, 0.5) is 0 Å². The summed E-state index contributed by atoms with van der Waals surface area (Å²) in [7, 11) is 1.38. The minimum atomic E-state index is -1.24. The summed E-state index contributed by atoms with van der Waals surface area (Å²) in [5, 5.41) is 13.4. The minimum Gasteiger partial charge on any atom is -0.480 e. The molecule has 1 saturated heterocycles. The van der Waals surface area contributed by atoms with Gasteiger partial charge in [0.05, 0.1) is 49.8 Å². The van der Waals surface area contributed by atoms with Gasteiger partial charge < -0.3 is 24.5 Å². The zero-order valence-electron chi connectivity index (χ0n) is 15.6. The second-order valence-corrected chi connectivity index (χ2v) is 8.08. The number of β-amino-alcohol motifs (C(OH)–C–C–N with tert-alkyl or cyclic N) is 1. The lowest BCUT2D eigenvalue weighted by molar-refractivity contribution is -0.0773. The molecule has 29 heavy (non-hydrogen) atoms. The molecule has 3 heterocycles. The fourth-order valence-corrected chi connectivity index (χ4v) is 4.32. The first-order chi connectivity index (χ1) is 13.8. The predicted octanol–water partition coefficient (Wildman–Crippen LogP) is 2.10. The van der Waals surface area contributed by atoms with Crippen LogP contribution in [0.1, 0.15) is 38.5 Å². The molecular weight excluding hydrogens is 421 g/mol. The number of likely N-dealkylation sites (tertiary alicyclic amines) is 1. The number of methoxy groups -OCH3 is 1. The lowest BCUT2D eigenvalue weighted by Crippen LogP contribution is -2.67. The molecule has 10 heteroatoms. The zero-order valence-corrected chi connectivity index (χ0v) is 17.1. The van der Waals surface area contributed by atoms with Crippen LogP contribution in [0.5, 0.6) is 5.88 Å². The summed E-state index contributed by atoms with van der Waals surface area (Å²) >= 11 is 12.2. The third-order valence-corrected chi connectivity index (χ3v) is 5.88. The topological polar surface area (TPSA) is 105 Å². The van der Waals surface area contributed by atoms with Crippen molar-refractivity contribution in [3.05, 3.63) is 45.0 Å². The van der Waals surface area contributed by atoms with Crippen LogP contribution < -0.4 is 10.1 Å². The number of nitrogens with one attached hydrogen (secondary N) is 1. The lowest BCUT2D eigenvalue weighted by Gasteiger charge is -2.46. The van der Waals surface area contributed by atoms with Crippen molar-refractivity contribution in [1.82, 2.24) is 15.2 Å². The van der Waals surface area contributed by atoms with Crippen molar-refractivity contribution in [3.8, 4) is 5.88 Å². The van der Waals surface area contributed by atoms with Gasteiger partial charge in [-0.3, -0.25) is 9.59 Å². The Labute approximate surface area is 176 Å². The van der Waals surface area contributed by atoms with E-state index in [0.29, 0.717) is 5.76 Å². The van der Waals surface area contributed by atoms with E-state index >= 15 is 0 Å². The maximum absolute atomic E-state index is 12.7. The molecule has 0 spiro atoms. The van der Waals surface area contributed by atoms with Crippen LogP contribution in [0.25, 0.3) is 0 Å². The first kappa shape index (κ1) is 20.0. The largest absolute Gasteiger partial charge is 0.480 e. The van der Waals surface area contributed by atoms with E-state index in [1.165, 1.54) is 18.2 Å². The van der Waals surface area contributed by atoms with Crippen molar-refractivity contribution in [2.75, 3.05) is 26.7 Å². The maximum atomic E-state index is 12.7. The summed E-state index contributed by atoms with van der Waals surface area (Å²) in [4.78, 5) is 30.4. The Bertz CT molecular complexity index is 984. The monoisotopic (exact) mass is 439 g/mol. The number of fused-ring (bicyclic) bond motifs is 1. The zero-order chi connectivity index (χ0) is 20.8.